The highest BCUT2D eigenvalue weighted by Gasteiger charge is 2.18. The van der Waals surface area contributed by atoms with Gasteiger partial charge in [0.15, 0.2) is 11.6 Å². The summed E-state index contributed by atoms with van der Waals surface area (Å²) in [5.74, 6) is -0.685. The van der Waals surface area contributed by atoms with Crippen LogP contribution in [0.3, 0.4) is 0 Å². The Morgan fingerprint density at radius 2 is 1.68 bits per heavy atom. The minimum Gasteiger partial charge on any atom is -0.463 e. The van der Waals surface area contributed by atoms with E-state index in [1.807, 2.05) is 19.0 Å². The standard InChI is InChI=1S/C17H27NO4/c1-17(2,3)15(20)10-11-16(21)22-13-7-9-14(19)8-6-12-18(4)5/h6,8,10-11H,7,9,12-13H2,1-5H3/b8-6+,11-10+. The van der Waals surface area contributed by atoms with Gasteiger partial charge in [-0.1, -0.05) is 26.8 Å². The van der Waals surface area contributed by atoms with Crippen molar-refractivity contribution in [2.45, 2.75) is 33.6 Å². The van der Waals surface area contributed by atoms with Crippen LogP contribution in [0.4, 0.5) is 0 Å². The Hall–Kier alpha value is -1.75. The van der Waals surface area contributed by atoms with Gasteiger partial charge in [0.2, 0.25) is 0 Å². The summed E-state index contributed by atoms with van der Waals surface area (Å²) in [6.07, 6.45) is 6.52. The first-order valence-corrected chi connectivity index (χ1v) is 7.36. The SMILES string of the molecule is CN(C)C/C=C/C(=O)CCCOC(=O)/C=C/C(=O)C(C)(C)C. The molecular weight excluding hydrogens is 282 g/mol. The predicted octanol–water partition coefficient (Wildman–Crippen LogP) is 2.17. The third-order valence-electron chi connectivity index (χ3n) is 2.70. The number of likely N-dealkylation sites (N-methyl/N-ethyl adjacent to an activating group) is 1. The number of esters is 1. The smallest absolute Gasteiger partial charge is 0.330 e. The maximum absolute atomic E-state index is 11.6. The Labute approximate surface area is 133 Å². The average Bonchev–Trinajstić information content (AvgIpc) is 2.39. The quantitative estimate of drug-likeness (QED) is 0.371. The fourth-order valence-corrected chi connectivity index (χ4v) is 1.34. The van der Waals surface area contributed by atoms with Gasteiger partial charge in [0, 0.05) is 24.5 Å². The van der Waals surface area contributed by atoms with Crippen molar-refractivity contribution in [3.63, 3.8) is 0 Å². The van der Waals surface area contributed by atoms with Crippen molar-refractivity contribution < 1.29 is 19.1 Å². The fraction of sp³-hybridized carbons (Fsp3) is 0.588. The third-order valence-corrected chi connectivity index (χ3v) is 2.70. The number of carbonyl (C=O) groups is 3. The van der Waals surface area contributed by atoms with Crippen LogP contribution in [0.25, 0.3) is 0 Å². The third kappa shape index (κ3) is 11.0. The largest absolute Gasteiger partial charge is 0.463 e. The van der Waals surface area contributed by atoms with Crippen LogP contribution in [-0.2, 0) is 19.1 Å². The summed E-state index contributed by atoms with van der Waals surface area (Å²) in [5, 5.41) is 0. The first kappa shape index (κ1) is 20.2. The van der Waals surface area contributed by atoms with E-state index in [0.29, 0.717) is 19.4 Å². The number of ether oxygens (including phenoxy) is 1. The van der Waals surface area contributed by atoms with Gasteiger partial charge in [-0.15, -0.1) is 0 Å². The van der Waals surface area contributed by atoms with Crippen LogP contribution in [-0.4, -0.2) is 49.7 Å². The molecule has 0 atom stereocenters. The summed E-state index contributed by atoms with van der Waals surface area (Å²) >= 11 is 0. The summed E-state index contributed by atoms with van der Waals surface area (Å²) in [6, 6.07) is 0. The summed E-state index contributed by atoms with van der Waals surface area (Å²) in [5.41, 5.74) is -0.512. The molecule has 0 saturated heterocycles. The predicted molar refractivity (Wildman–Crippen MR) is 86.5 cm³/mol. The van der Waals surface area contributed by atoms with Gasteiger partial charge in [-0.2, -0.15) is 0 Å². The lowest BCUT2D eigenvalue weighted by atomic mass is 9.91. The van der Waals surface area contributed by atoms with Crippen LogP contribution < -0.4 is 0 Å². The topological polar surface area (TPSA) is 63.7 Å². The van der Waals surface area contributed by atoms with Crippen LogP contribution in [0.1, 0.15) is 33.6 Å². The number of carbonyl (C=O) groups excluding carboxylic acids is 3. The zero-order valence-corrected chi connectivity index (χ0v) is 14.2. The molecule has 0 aliphatic heterocycles. The molecule has 124 valence electrons. The van der Waals surface area contributed by atoms with Gasteiger partial charge in [-0.25, -0.2) is 4.79 Å². The van der Waals surface area contributed by atoms with E-state index in [2.05, 4.69) is 0 Å². The highest BCUT2D eigenvalue weighted by molar-refractivity contribution is 5.98. The molecule has 0 heterocycles. The Morgan fingerprint density at radius 3 is 2.23 bits per heavy atom. The zero-order chi connectivity index (χ0) is 17.2. The van der Waals surface area contributed by atoms with Crippen LogP contribution in [0.5, 0.6) is 0 Å². The molecule has 0 fully saturated rings. The van der Waals surface area contributed by atoms with Crippen LogP contribution in [0.2, 0.25) is 0 Å². The first-order valence-electron chi connectivity index (χ1n) is 7.36. The van der Waals surface area contributed by atoms with Crippen LogP contribution in [0.15, 0.2) is 24.3 Å². The van der Waals surface area contributed by atoms with Crippen molar-refractivity contribution in [3.8, 4) is 0 Å². The number of nitrogens with zero attached hydrogens (tertiary/aromatic N) is 1. The zero-order valence-electron chi connectivity index (χ0n) is 14.2. The number of ketones is 2. The second kappa shape index (κ2) is 10.1. The molecule has 5 nitrogen and oxygen atoms in total. The summed E-state index contributed by atoms with van der Waals surface area (Å²) < 4.78 is 4.94. The monoisotopic (exact) mass is 309 g/mol. The van der Waals surface area contributed by atoms with E-state index in [1.54, 1.807) is 32.9 Å². The molecular formula is C17H27NO4. The maximum Gasteiger partial charge on any atom is 0.330 e. The van der Waals surface area contributed by atoms with E-state index >= 15 is 0 Å². The molecule has 0 spiro atoms. The molecule has 0 bridgehead atoms. The lowest BCUT2D eigenvalue weighted by Crippen LogP contribution is -2.17. The molecule has 0 unspecified atom stereocenters. The van der Waals surface area contributed by atoms with E-state index in [9.17, 15) is 14.4 Å². The molecule has 22 heavy (non-hydrogen) atoms. The lowest BCUT2D eigenvalue weighted by Gasteiger charge is -2.12. The first-order chi connectivity index (χ1) is 10.1. The molecule has 0 aromatic carbocycles. The highest BCUT2D eigenvalue weighted by atomic mass is 16.5. The molecule has 0 saturated carbocycles. The molecule has 0 aliphatic rings. The molecule has 0 aliphatic carbocycles. The van der Waals surface area contributed by atoms with Crippen molar-refractivity contribution in [2.75, 3.05) is 27.2 Å². The number of allylic oxidation sites excluding steroid dienone is 2. The van der Waals surface area contributed by atoms with Crippen molar-refractivity contribution in [2.24, 2.45) is 5.41 Å². The maximum atomic E-state index is 11.6. The minimum absolute atomic E-state index is 0.0105. The van der Waals surface area contributed by atoms with Crippen LogP contribution in [0, 0.1) is 5.41 Å². The fourth-order valence-electron chi connectivity index (χ4n) is 1.34. The van der Waals surface area contributed by atoms with E-state index in [4.69, 9.17) is 4.74 Å². The second-order valence-electron chi connectivity index (χ2n) is 6.35. The number of hydrogen-bond donors (Lipinski definition) is 0. The summed E-state index contributed by atoms with van der Waals surface area (Å²) in [6.45, 7) is 6.22. The Kier molecular flexibility index (Phi) is 9.26. The molecule has 0 amide bonds. The Bertz CT molecular complexity index is 442. The summed E-state index contributed by atoms with van der Waals surface area (Å²) in [7, 11) is 3.85. The highest BCUT2D eigenvalue weighted by Crippen LogP contribution is 2.14. The number of rotatable bonds is 9. The molecule has 0 rings (SSSR count). The molecule has 0 N–H and O–H groups in total. The van der Waals surface area contributed by atoms with Gasteiger partial charge < -0.3 is 9.64 Å². The lowest BCUT2D eigenvalue weighted by molar-refractivity contribution is -0.138. The van der Waals surface area contributed by atoms with Gasteiger partial charge in [0.25, 0.3) is 0 Å². The minimum atomic E-state index is -0.562. The summed E-state index contributed by atoms with van der Waals surface area (Å²) in [4.78, 5) is 36.4. The Morgan fingerprint density at radius 1 is 1.05 bits per heavy atom. The van der Waals surface area contributed by atoms with E-state index in [1.165, 1.54) is 6.08 Å². The molecule has 0 aromatic heterocycles. The average molecular weight is 309 g/mol. The van der Waals surface area contributed by atoms with Gasteiger partial charge in [0.05, 0.1) is 6.61 Å². The second-order valence-corrected chi connectivity index (χ2v) is 6.35. The van der Waals surface area contributed by atoms with Gasteiger partial charge >= 0.3 is 5.97 Å². The number of hydrogen-bond acceptors (Lipinski definition) is 5. The van der Waals surface area contributed by atoms with E-state index in [0.717, 1.165) is 6.08 Å². The molecule has 0 aromatic rings. The van der Waals surface area contributed by atoms with Crippen LogP contribution >= 0.6 is 0 Å². The van der Waals surface area contributed by atoms with E-state index < -0.39 is 11.4 Å². The van der Waals surface area contributed by atoms with E-state index in [-0.39, 0.29) is 18.2 Å². The van der Waals surface area contributed by atoms with Crippen molar-refractivity contribution in [1.82, 2.24) is 4.90 Å². The molecule has 5 heteroatoms. The normalized spacial score (nSPS) is 12.3. The van der Waals surface area contributed by atoms with Gasteiger partial charge in [0.1, 0.15) is 0 Å². The van der Waals surface area contributed by atoms with Gasteiger partial charge in [-0.05, 0) is 32.7 Å². The molecule has 0 radical (unpaired) electrons. The van der Waals surface area contributed by atoms with Crippen molar-refractivity contribution in [1.29, 1.82) is 0 Å². The van der Waals surface area contributed by atoms with Gasteiger partial charge in [-0.3, -0.25) is 9.59 Å². The van der Waals surface area contributed by atoms with Crippen molar-refractivity contribution >= 4 is 17.5 Å². The van der Waals surface area contributed by atoms with Crippen molar-refractivity contribution in [3.05, 3.63) is 24.3 Å². The Balaban J connectivity index is 3.90.